The van der Waals surface area contributed by atoms with Gasteiger partial charge in [-0.2, -0.15) is 13.2 Å². The van der Waals surface area contributed by atoms with Crippen LogP contribution in [-0.2, 0) is 17.5 Å². The summed E-state index contributed by atoms with van der Waals surface area (Å²) in [5.74, 6) is 0.109. The summed E-state index contributed by atoms with van der Waals surface area (Å²) in [6.45, 7) is 1.90. The van der Waals surface area contributed by atoms with Gasteiger partial charge in [-0.25, -0.2) is 0 Å². The van der Waals surface area contributed by atoms with Crippen molar-refractivity contribution in [1.29, 1.82) is 0 Å². The largest absolute Gasteiger partial charge is 0.421 e. The molecule has 134 valence electrons. The van der Waals surface area contributed by atoms with E-state index in [4.69, 9.17) is 0 Å². The second-order valence-electron chi connectivity index (χ2n) is 5.36. The van der Waals surface area contributed by atoms with Gasteiger partial charge in [0.2, 0.25) is 5.91 Å². The van der Waals surface area contributed by atoms with Crippen molar-refractivity contribution < 1.29 is 18.0 Å². The molecule has 0 aliphatic heterocycles. The highest BCUT2D eigenvalue weighted by Gasteiger charge is 2.34. The van der Waals surface area contributed by atoms with Crippen LogP contribution in [0.15, 0.2) is 52.3 Å². The van der Waals surface area contributed by atoms with Crippen molar-refractivity contribution in [3.8, 4) is 0 Å². The van der Waals surface area contributed by atoms with E-state index in [0.29, 0.717) is 18.4 Å². The lowest BCUT2D eigenvalue weighted by Gasteiger charge is -2.10. The van der Waals surface area contributed by atoms with Crippen LogP contribution < -0.4 is 10.9 Å². The molecule has 0 radical (unpaired) electrons. The first-order valence-corrected chi connectivity index (χ1v) is 8.49. The first-order chi connectivity index (χ1) is 11.8. The van der Waals surface area contributed by atoms with Crippen LogP contribution in [0.3, 0.4) is 0 Å². The highest BCUT2D eigenvalue weighted by atomic mass is 32.2. The summed E-state index contributed by atoms with van der Waals surface area (Å²) in [7, 11) is 0. The van der Waals surface area contributed by atoms with Crippen molar-refractivity contribution in [2.75, 3.05) is 12.3 Å². The molecule has 2 aromatic rings. The number of aryl methyl sites for hydroxylation is 1. The lowest BCUT2D eigenvalue weighted by Crippen LogP contribution is -2.35. The minimum atomic E-state index is -4.73. The molecule has 0 atom stereocenters. The molecule has 1 N–H and O–H groups in total. The molecule has 1 amide bonds. The average Bonchev–Trinajstić information content (AvgIpc) is 2.54. The Hall–Kier alpha value is -2.22. The standard InChI is InChI=1S/C17H17F3N2O2S/c1-12-4-6-13(7-5-12)25-10-8-21-15(23)11-22-9-2-3-14(16(22)24)17(18,19)20/h2-7,9H,8,10-11H2,1H3,(H,21,23). The molecule has 25 heavy (non-hydrogen) atoms. The highest BCUT2D eigenvalue weighted by Crippen LogP contribution is 2.25. The van der Waals surface area contributed by atoms with Gasteiger partial charge in [0, 0.05) is 23.4 Å². The van der Waals surface area contributed by atoms with Crippen LogP contribution in [-0.4, -0.2) is 22.8 Å². The molecule has 0 fully saturated rings. The Balaban J connectivity index is 1.84. The number of nitrogens with one attached hydrogen (secondary N) is 1. The number of hydrogen-bond acceptors (Lipinski definition) is 3. The number of alkyl halides is 3. The van der Waals surface area contributed by atoms with E-state index < -0.39 is 29.8 Å². The van der Waals surface area contributed by atoms with Gasteiger partial charge in [0.15, 0.2) is 0 Å². The minimum Gasteiger partial charge on any atom is -0.354 e. The Labute approximate surface area is 147 Å². The Morgan fingerprint density at radius 1 is 1.20 bits per heavy atom. The number of amides is 1. The summed E-state index contributed by atoms with van der Waals surface area (Å²) in [6.07, 6.45) is -3.57. The van der Waals surface area contributed by atoms with Gasteiger partial charge < -0.3 is 9.88 Å². The number of hydrogen-bond donors (Lipinski definition) is 1. The van der Waals surface area contributed by atoms with Gasteiger partial charge in [-0.1, -0.05) is 17.7 Å². The van der Waals surface area contributed by atoms with Crippen molar-refractivity contribution in [2.45, 2.75) is 24.5 Å². The second-order valence-corrected chi connectivity index (χ2v) is 6.53. The number of thioether (sulfide) groups is 1. The molecule has 0 aliphatic rings. The van der Waals surface area contributed by atoms with Gasteiger partial charge >= 0.3 is 6.18 Å². The lowest BCUT2D eigenvalue weighted by molar-refractivity contribution is -0.139. The van der Waals surface area contributed by atoms with Gasteiger partial charge in [-0.3, -0.25) is 9.59 Å². The maximum Gasteiger partial charge on any atom is 0.421 e. The van der Waals surface area contributed by atoms with Gasteiger partial charge in [0.25, 0.3) is 5.56 Å². The Bertz CT molecular complexity index is 786. The summed E-state index contributed by atoms with van der Waals surface area (Å²) in [5.41, 5.74) is -1.35. The number of pyridine rings is 1. The summed E-state index contributed by atoms with van der Waals surface area (Å²) in [5, 5.41) is 2.60. The quantitative estimate of drug-likeness (QED) is 0.628. The van der Waals surface area contributed by atoms with Crippen LogP contribution in [0.5, 0.6) is 0 Å². The topological polar surface area (TPSA) is 51.1 Å². The van der Waals surface area contributed by atoms with Crippen LogP contribution in [0, 0.1) is 6.92 Å². The minimum absolute atomic E-state index is 0.352. The number of benzene rings is 1. The molecule has 1 heterocycles. The number of carbonyl (C=O) groups excluding carboxylic acids is 1. The molecule has 4 nitrogen and oxygen atoms in total. The Morgan fingerprint density at radius 3 is 2.52 bits per heavy atom. The predicted octanol–water partition coefficient (Wildman–Crippen LogP) is 3.08. The van der Waals surface area contributed by atoms with Crippen LogP contribution >= 0.6 is 11.8 Å². The second kappa shape index (κ2) is 8.24. The molecule has 0 saturated heterocycles. The van der Waals surface area contributed by atoms with E-state index in [1.165, 1.54) is 0 Å². The summed E-state index contributed by atoms with van der Waals surface area (Å²) < 4.78 is 38.8. The zero-order valence-electron chi connectivity index (χ0n) is 13.5. The molecular weight excluding hydrogens is 353 g/mol. The molecule has 0 aliphatic carbocycles. The molecular formula is C17H17F3N2O2S. The van der Waals surface area contributed by atoms with E-state index in [1.54, 1.807) is 11.8 Å². The van der Waals surface area contributed by atoms with Gasteiger partial charge in [-0.15, -0.1) is 11.8 Å². The third kappa shape index (κ3) is 5.67. The molecule has 0 spiro atoms. The summed E-state index contributed by atoms with van der Waals surface area (Å²) in [4.78, 5) is 24.6. The van der Waals surface area contributed by atoms with Crippen molar-refractivity contribution in [2.24, 2.45) is 0 Å². The maximum absolute atomic E-state index is 12.7. The van der Waals surface area contributed by atoms with E-state index in [1.807, 2.05) is 31.2 Å². The number of nitrogens with zero attached hydrogens (tertiary/aromatic N) is 1. The number of carbonyl (C=O) groups is 1. The molecule has 0 unspecified atom stereocenters. The highest BCUT2D eigenvalue weighted by molar-refractivity contribution is 7.99. The van der Waals surface area contributed by atoms with Crippen molar-refractivity contribution >= 4 is 17.7 Å². The number of aromatic nitrogens is 1. The van der Waals surface area contributed by atoms with Crippen LogP contribution in [0.4, 0.5) is 13.2 Å². The molecule has 1 aromatic heterocycles. The fourth-order valence-corrected chi connectivity index (χ4v) is 2.85. The first-order valence-electron chi connectivity index (χ1n) is 7.50. The van der Waals surface area contributed by atoms with Crippen molar-refractivity contribution in [3.63, 3.8) is 0 Å². The molecule has 0 bridgehead atoms. The van der Waals surface area contributed by atoms with Crippen molar-refractivity contribution in [1.82, 2.24) is 9.88 Å². The number of halogens is 3. The van der Waals surface area contributed by atoms with Crippen LogP contribution in [0.25, 0.3) is 0 Å². The molecule has 2 rings (SSSR count). The average molecular weight is 370 g/mol. The van der Waals surface area contributed by atoms with Crippen LogP contribution in [0.1, 0.15) is 11.1 Å². The van der Waals surface area contributed by atoms with E-state index in [-0.39, 0.29) is 0 Å². The maximum atomic E-state index is 12.7. The lowest BCUT2D eigenvalue weighted by atomic mass is 10.2. The van der Waals surface area contributed by atoms with Crippen LogP contribution in [0.2, 0.25) is 0 Å². The van der Waals surface area contributed by atoms with Gasteiger partial charge in [-0.05, 0) is 31.2 Å². The van der Waals surface area contributed by atoms with E-state index >= 15 is 0 Å². The molecule has 1 aromatic carbocycles. The summed E-state index contributed by atoms with van der Waals surface area (Å²) >= 11 is 1.55. The zero-order valence-corrected chi connectivity index (χ0v) is 14.3. The monoisotopic (exact) mass is 370 g/mol. The van der Waals surface area contributed by atoms with E-state index in [2.05, 4.69) is 5.32 Å². The van der Waals surface area contributed by atoms with E-state index in [9.17, 15) is 22.8 Å². The fourth-order valence-electron chi connectivity index (χ4n) is 2.08. The first kappa shape index (κ1) is 19.1. The van der Waals surface area contributed by atoms with E-state index in [0.717, 1.165) is 27.3 Å². The zero-order chi connectivity index (χ0) is 18.4. The molecule has 0 saturated carbocycles. The SMILES string of the molecule is Cc1ccc(SCCNC(=O)Cn2cccc(C(F)(F)F)c2=O)cc1. The Morgan fingerprint density at radius 2 is 1.88 bits per heavy atom. The van der Waals surface area contributed by atoms with Crippen molar-refractivity contribution in [3.05, 3.63) is 64.1 Å². The third-order valence-corrected chi connectivity index (χ3v) is 4.37. The predicted molar refractivity (Wildman–Crippen MR) is 90.6 cm³/mol. The van der Waals surface area contributed by atoms with Gasteiger partial charge in [0.1, 0.15) is 12.1 Å². The normalized spacial score (nSPS) is 11.4. The Kier molecular flexibility index (Phi) is 6.30. The smallest absolute Gasteiger partial charge is 0.354 e. The van der Waals surface area contributed by atoms with Gasteiger partial charge in [0.05, 0.1) is 0 Å². The third-order valence-electron chi connectivity index (χ3n) is 3.35. The molecule has 8 heteroatoms. The summed E-state index contributed by atoms with van der Waals surface area (Å²) in [6, 6.07) is 9.73. The number of rotatable bonds is 6. The fraction of sp³-hybridized carbons (Fsp3) is 0.294.